The van der Waals surface area contributed by atoms with Crippen LogP contribution in [-0.4, -0.2) is 7.05 Å². The number of rotatable bonds is 2. The van der Waals surface area contributed by atoms with Gasteiger partial charge in [0, 0.05) is 12.1 Å². The molecule has 0 unspecified atom stereocenters. The largest absolute Gasteiger partial charge is 0.457 e. The molecule has 0 atom stereocenters. The first-order valence-corrected chi connectivity index (χ1v) is 3.50. The average Bonchev–Trinajstić information content (AvgIpc) is 2.18. The van der Waals surface area contributed by atoms with Gasteiger partial charge in [-0.3, -0.25) is 0 Å². The van der Waals surface area contributed by atoms with Gasteiger partial charge in [-0.1, -0.05) is 0 Å². The first kappa shape index (κ1) is 10.0. The Morgan fingerprint density at radius 3 is 2.80 bits per heavy atom. The van der Waals surface area contributed by atoms with E-state index in [4.69, 9.17) is 4.42 Å². The molecular weight excluding hydrogens is 217 g/mol. The summed E-state index contributed by atoms with van der Waals surface area (Å²) in [5.74, 6) is 0. The van der Waals surface area contributed by atoms with Crippen molar-refractivity contribution in [2.75, 3.05) is 7.05 Å². The highest BCUT2D eigenvalue weighted by atomic mass is 79.9. The molecule has 0 saturated heterocycles. The second-order valence-electron chi connectivity index (χ2n) is 1.75. The molecule has 10 heavy (non-hydrogen) atoms. The van der Waals surface area contributed by atoms with Crippen molar-refractivity contribution in [2.45, 2.75) is 6.54 Å². The van der Waals surface area contributed by atoms with Crippen molar-refractivity contribution in [2.24, 2.45) is 0 Å². The molecule has 0 aliphatic rings. The predicted molar refractivity (Wildman–Crippen MR) is 46.4 cm³/mol. The Morgan fingerprint density at radius 1 is 1.70 bits per heavy atom. The van der Waals surface area contributed by atoms with E-state index >= 15 is 0 Å². The van der Waals surface area contributed by atoms with E-state index in [2.05, 4.69) is 21.2 Å². The molecule has 0 bridgehead atoms. The summed E-state index contributed by atoms with van der Waals surface area (Å²) in [5.41, 5.74) is 1.15. The highest BCUT2D eigenvalue weighted by molar-refractivity contribution is 9.10. The van der Waals surface area contributed by atoms with Crippen LogP contribution < -0.4 is 5.32 Å². The number of halogens is 2. The smallest absolute Gasteiger partial charge is 0.173 e. The predicted octanol–water partition coefficient (Wildman–Crippen LogP) is 2.18. The monoisotopic (exact) mass is 225 g/mol. The zero-order valence-corrected chi connectivity index (χ0v) is 7.96. The van der Waals surface area contributed by atoms with Crippen LogP contribution in [0.3, 0.4) is 0 Å². The van der Waals surface area contributed by atoms with Crippen molar-refractivity contribution in [3.05, 3.63) is 22.6 Å². The van der Waals surface area contributed by atoms with E-state index in [1.807, 2.05) is 13.1 Å². The van der Waals surface area contributed by atoms with E-state index in [1.165, 1.54) is 0 Å². The van der Waals surface area contributed by atoms with Gasteiger partial charge >= 0.3 is 0 Å². The quantitative estimate of drug-likeness (QED) is 0.836. The Bertz CT molecular complexity index is 190. The molecule has 0 fully saturated rings. The van der Waals surface area contributed by atoms with Crippen LogP contribution in [0.1, 0.15) is 5.56 Å². The van der Waals surface area contributed by atoms with Crippen molar-refractivity contribution >= 4 is 28.3 Å². The normalized spacial score (nSPS) is 9.00. The Hall–Kier alpha value is 0.01000. The standard InChI is InChI=1S/C6H8BrNO.ClH/c1-8-4-5-2-3-9-6(5)7;/h2-3,8H,4H2,1H3;1H. The summed E-state index contributed by atoms with van der Waals surface area (Å²) in [6, 6.07) is 1.93. The third kappa shape index (κ3) is 2.33. The van der Waals surface area contributed by atoms with Crippen molar-refractivity contribution in [3.63, 3.8) is 0 Å². The topological polar surface area (TPSA) is 25.2 Å². The second-order valence-corrected chi connectivity index (χ2v) is 2.47. The third-order valence-corrected chi connectivity index (χ3v) is 1.76. The van der Waals surface area contributed by atoms with Gasteiger partial charge in [0.1, 0.15) is 0 Å². The van der Waals surface area contributed by atoms with E-state index in [1.54, 1.807) is 6.26 Å². The van der Waals surface area contributed by atoms with Gasteiger partial charge in [-0.15, -0.1) is 12.4 Å². The number of furan rings is 1. The number of nitrogens with one attached hydrogen (secondary N) is 1. The lowest BCUT2D eigenvalue weighted by Gasteiger charge is -1.92. The summed E-state index contributed by atoms with van der Waals surface area (Å²) in [5, 5.41) is 3.02. The van der Waals surface area contributed by atoms with E-state index in [-0.39, 0.29) is 12.4 Å². The maximum absolute atomic E-state index is 4.99. The van der Waals surface area contributed by atoms with Crippen LogP contribution >= 0.6 is 28.3 Å². The van der Waals surface area contributed by atoms with Crippen LogP contribution in [-0.2, 0) is 6.54 Å². The fourth-order valence-corrected chi connectivity index (χ4v) is 1.02. The van der Waals surface area contributed by atoms with Crippen molar-refractivity contribution < 1.29 is 4.42 Å². The summed E-state index contributed by atoms with van der Waals surface area (Å²) in [7, 11) is 1.90. The molecule has 0 radical (unpaired) electrons. The van der Waals surface area contributed by atoms with E-state index in [0.717, 1.165) is 16.8 Å². The van der Waals surface area contributed by atoms with Crippen molar-refractivity contribution in [1.29, 1.82) is 0 Å². The van der Waals surface area contributed by atoms with Gasteiger partial charge < -0.3 is 9.73 Å². The van der Waals surface area contributed by atoms with Crippen LogP contribution in [0.5, 0.6) is 0 Å². The fourth-order valence-electron chi connectivity index (χ4n) is 0.636. The maximum atomic E-state index is 4.99. The van der Waals surface area contributed by atoms with Crippen LogP contribution in [0.15, 0.2) is 21.4 Å². The van der Waals surface area contributed by atoms with Crippen LogP contribution in [0.25, 0.3) is 0 Å². The van der Waals surface area contributed by atoms with Gasteiger partial charge in [0.05, 0.1) is 6.26 Å². The van der Waals surface area contributed by atoms with E-state index in [0.29, 0.717) is 0 Å². The van der Waals surface area contributed by atoms with Gasteiger partial charge in [0.15, 0.2) is 4.67 Å². The van der Waals surface area contributed by atoms with Crippen LogP contribution in [0.4, 0.5) is 0 Å². The minimum absolute atomic E-state index is 0. The molecule has 1 aromatic rings. The molecule has 0 saturated carbocycles. The molecule has 58 valence electrons. The lowest BCUT2D eigenvalue weighted by molar-refractivity contribution is 0.535. The number of hydrogen-bond acceptors (Lipinski definition) is 2. The molecule has 1 rings (SSSR count). The minimum Gasteiger partial charge on any atom is -0.457 e. The summed E-state index contributed by atoms with van der Waals surface area (Å²) >= 11 is 3.26. The molecule has 1 N–H and O–H groups in total. The highest BCUT2D eigenvalue weighted by Crippen LogP contribution is 2.16. The molecule has 4 heteroatoms. The SMILES string of the molecule is CNCc1ccoc1Br.Cl. The minimum atomic E-state index is 0. The fraction of sp³-hybridized carbons (Fsp3) is 0.333. The van der Waals surface area contributed by atoms with Gasteiger partial charge in [0.25, 0.3) is 0 Å². The van der Waals surface area contributed by atoms with E-state index in [9.17, 15) is 0 Å². The Kier molecular flexibility index (Phi) is 4.77. The maximum Gasteiger partial charge on any atom is 0.173 e. The van der Waals surface area contributed by atoms with Gasteiger partial charge in [-0.2, -0.15) is 0 Å². The molecular formula is C6H9BrClNO. The zero-order valence-electron chi connectivity index (χ0n) is 5.56. The first-order valence-electron chi connectivity index (χ1n) is 2.71. The van der Waals surface area contributed by atoms with Crippen LogP contribution in [0, 0.1) is 0 Å². The van der Waals surface area contributed by atoms with Crippen molar-refractivity contribution in [1.82, 2.24) is 5.32 Å². The lowest BCUT2D eigenvalue weighted by atomic mass is 10.3. The Morgan fingerprint density at radius 2 is 2.40 bits per heavy atom. The Balaban J connectivity index is 0.000000810. The van der Waals surface area contributed by atoms with E-state index < -0.39 is 0 Å². The lowest BCUT2D eigenvalue weighted by Crippen LogP contribution is -2.03. The van der Waals surface area contributed by atoms with Gasteiger partial charge in [0.2, 0.25) is 0 Å². The molecule has 0 spiro atoms. The summed E-state index contributed by atoms with van der Waals surface area (Å²) < 4.78 is 5.81. The molecule has 0 amide bonds. The molecule has 1 aromatic heterocycles. The summed E-state index contributed by atoms with van der Waals surface area (Å²) in [6.45, 7) is 0.844. The summed E-state index contributed by atoms with van der Waals surface area (Å²) in [6.07, 6.45) is 1.66. The zero-order chi connectivity index (χ0) is 6.69. The molecule has 2 nitrogen and oxygen atoms in total. The first-order chi connectivity index (χ1) is 4.34. The van der Waals surface area contributed by atoms with Gasteiger partial charge in [-0.25, -0.2) is 0 Å². The Labute approximate surface area is 74.5 Å². The highest BCUT2D eigenvalue weighted by Gasteiger charge is 1.98. The molecule has 0 aromatic carbocycles. The third-order valence-electron chi connectivity index (χ3n) is 1.06. The molecule has 0 aliphatic heterocycles. The van der Waals surface area contributed by atoms with Gasteiger partial charge in [-0.05, 0) is 29.0 Å². The van der Waals surface area contributed by atoms with Crippen molar-refractivity contribution in [3.8, 4) is 0 Å². The molecule has 0 aliphatic carbocycles. The summed E-state index contributed by atoms with van der Waals surface area (Å²) in [4.78, 5) is 0. The second kappa shape index (κ2) is 4.77. The average molecular weight is 227 g/mol. The number of hydrogen-bond donors (Lipinski definition) is 1. The molecule has 1 heterocycles. The van der Waals surface area contributed by atoms with Crippen LogP contribution in [0.2, 0.25) is 0 Å².